The summed E-state index contributed by atoms with van der Waals surface area (Å²) >= 11 is 0. The van der Waals surface area contributed by atoms with Gasteiger partial charge in [-0.05, 0) is 26.7 Å². The third-order valence-electron chi connectivity index (χ3n) is 2.94. The Balaban J connectivity index is 2.27. The minimum absolute atomic E-state index is 0.321. The molecule has 0 bridgehead atoms. The van der Waals surface area contributed by atoms with Gasteiger partial charge in [0.05, 0.1) is 11.6 Å². The number of amides is 1. The SMILES string of the molecule is CC(NCC1(C)CCCO1)C(=O)NCC(F)(F)F. The van der Waals surface area contributed by atoms with Gasteiger partial charge in [-0.3, -0.25) is 4.79 Å². The van der Waals surface area contributed by atoms with E-state index in [1.54, 1.807) is 0 Å². The Labute approximate surface area is 104 Å². The molecule has 1 aliphatic heterocycles. The predicted octanol–water partition coefficient (Wildman–Crippen LogP) is 1.21. The van der Waals surface area contributed by atoms with Crippen molar-refractivity contribution in [2.75, 3.05) is 19.7 Å². The Morgan fingerprint density at radius 2 is 2.17 bits per heavy atom. The summed E-state index contributed by atoms with van der Waals surface area (Å²) < 4.78 is 41.3. The lowest BCUT2D eigenvalue weighted by Crippen LogP contribution is -2.49. The maximum Gasteiger partial charge on any atom is 0.405 e. The van der Waals surface area contributed by atoms with Crippen LogP contribution in [0.1, 0.15) is 26.7 Å². The highest BCUT2D eigenvalue weighted by Gasteiger charge is 2.31. The average molecular weight is 268 g/mol. The molecule has 0 aromatic carbocycles. The molecule has 18 heavy (non-hydrogen) atoms. The fourth-order valence-corrected chi connectivity index (χ4v) is 1.78. The maximum atomic E-state index is 11.9. The predicted molar refractivity (Wildman–Crippen MR) is 60.1 cm³/mol. The van der Waals surface area contributed by atoms with Crippen LogP contribution in [-0.2, 0) is 9.53 Å². The molecule has 4 nitrogen and oxygen atoms in total. The van der Waals surface area contributed by atoms with Crippen LogP contribution in [0.4, 0.5) is 13.2 Å². The van der Waals surface area contributed by atoms with Crippen LogP contribution in [0.5, 0.6) is 0 Å². The first-order valence-corrected chi connectivity index (χ1v) is 5.94. The van der Waals surface area contributed by atoms with Gasteiger partial charge >= 0.3 is 6.18 Å². The topological polar surface area (TPSA) is 50.4 Å². The summed E-state index contributed by atoms with van der Waals surface area (Å²) in [6.45, 7) is 3.30. The first-order chi connectivity index (χ1) is 8.22. The van der Waals surface area contributed by atoms with Crippen LogP contribution in [-0.4, -0.2) is 43.4 Å². The maximum absolute atomic E-state index is 11.9. The highest BCUT2D eigenvalue weighted by Crippen LogP contribution is 2.23. The zero-order valence-electron chi connectivity index (χ0n) is 10.6. The lowest BCUT2D eigenvalue weighted by molar-refractivity contribution is -0.139. The van der Waals surface area contributed by atoms with E-state index in [-0.39, 0.29) is 5.60 Å². The zero-order valence-corrected chi connectivity index (χ0v) is 10.6. The molecule has 1 saturated heterocycles. The highest BCUT2D eigenvalue weighted by atomic mass is 19.4. The molecule has 1 fully saturated rings. The first kappa shape index (κ1) is 15.2. The van der Waals surface area contributed by atoms with Gasteiger partial charge in [-0.15, -0.1) is 0 Å². The van der Waals surface area contributed by atoms with Gasteiger partial charge in [-0.1, -0.05) is 0 Å². The molecule has 1 rings (SSSR count). The molecule has 0 aromatic rings. The molecule has 0 saturated carbocycles. The Bertz CT molecular complexity index is 289. The molecule has 2 atom stereocenters. The van der Waals surface area contributed by atoms with Crippen molar-refractivity contribution in [3.8, 4) is 0 Å². The van der Waals surface area contributed by atoms with Gasteiger partial charge < -0.3 is 15.4 Å². The third kappa shape index (κ3) is 5.22. The van der Waals surface area contributed by atoms with Gasteiger partial charge in [-0.25, -0.2) is 0 Å². The third-order valence-corrected chi connectivity index (χ3v) is 2.94. The summed E-state index contributed by atoms with van der Waals surface area (Å²) in [7, 11) is 0. The molecule has 0 radical (unpaired) electrons. The van der Waals surface area contributed by atoms with Crippen LogP contribution in [0.15, 0.2) is 0 Å². The minimum Gasteiger partial charge on any atom is -0.374 e. The summed E-state index contributed by atoms with van der Waals surface area (Å²) in [5.41, 5.74) is -0.321. The summed E-state index contributed by atoms with van der Waals surface area (Å²) in [4.78, 5) is 11.4. The van der Waals surface area contributed by atoms with E-state index in [0.717, 1.165) is 12.8 Å². The van der Waals surface area contributed by atoms with Crippen LogP contribution in [0.3, 0.4) is 0 Å². The second-order valence-corrected chi connectivity index (χ2v) is 4.84. The van der Waals surface area contributed by atoms with E-state index in [4.69, 9.17) is 4.74 Å². The fraction of sp³-hybridized carbons (Fsp3) is 0.909. The van der Waals surface area contributed by atoms with Crippen molar-refractivity contribution >= 4 is 5.91 Å². The van der Waals surface area contributed by atoms with Gasteiger partial charge in [0.2, 0.25) is 5.91 Å². The van der Waals surface area contributed by atoms with E-state index in [1.165, 1.54) is 6.92 Å². The molecule has 0 aromatic heterocycles. The summed E-state index contributed by atoms with van der Waals surface area (Å²) in [6.07, 6.45) is -2.53. The van der Waals surface area contributed by atoms with Crippen molar-refractivity contribution in [2.24, 2.45) is 0 Å². The van der Waals surface area contributed by atoms with Crippen molar-refractivity contribution < 1.29 is 22.7 Å². The van der Waals surface area contributed by atoms with Crippen LogP contribution < -0.4 is 10.6 Å². The van der Waals surface area contributed by atoms with Crippen molar-refractivity contribution in [1.29, 1.82) is 0 Å². The number of halogens is 3. The van der Waals surface area contributed by atoms with E-state index in [9.17, 15) is 18.0 Å². The van der Waals surface area contributed by atoms with Crippen molar-refractivity contribution in [3.63, 3.8) is 0 Å². The molecule has 2 unspecified atom stereocenters. The Kier molecular flexibility index (Phi) is 4.98. The van der Waals surface area contributed by atoms with Gasteiger partial charge in [0, 0.05) is 13.2 Å². The molecule has 7 heteroatoms. The molecule has 106 valence electrons. The Morgan fingerprint density at radius 3 is 2.67 bits per heavy atom. The lowest BCUT2D eigenvalue weighted by atomic mass is 10.0. The molecule has 1 aliphatic rings. The van der Waals surface area contributed by atoms with Crippen LogP contribution in [0.2, 0.25) is 0 Å². The second kappa shape index (κ2) is 5.88. The number of carbonyl (C=O) groups is 1. The van der Waals surface area contributed by atoms with Gasteiger partial charge in [0.25, 0.3) is 0 Å². The lowest BCUT2D eigenvalue weighted by Gasteiger charge is -2.25. The van der Waals surface area contributed by atoms with Crippen LogP contribution in [0, 0.1) is 0 Å². The number of hydrogen-bond acceptors (Lipinski definition) is 3. The molecular formula is C11H19F3N2O2. The number of ether oxygens (including phenoxy) is 1. The van der Waals surface area contributed by atoms with Gasteiger partial charge in [0.15, 0.2) is 0 Å². The largest absolute Gasteiger partial charge is 0.405 e. The smallest absolute Gasteiger partial charge is 0.374 e. The molecule has 2 N–H and O–H groups in total. The molecule has 1 amide bonds. The molecule has 1 heterocycles. The number of alkyl halides is 3. The summed E-state index contributed by atoms with van der Waals surface area (Å²) in [6, 6.07) is -0.673. The van der Waals surface area contributed by atoms with E-state index < -0.39 is 24.7 Å². The Hall–Kier alpha value is -0.820. The average Bonchev–Trinajstić information content (AvgIpc) is 2.69. The molecule has 0 spiro atoms. The Morgan fingerprint density at radius 1 is 1.50 bits per heavy atom. The van der Waals surface area contributed by atoms with Crippen molar-refractivity contribution in [3.05, 3.63) is 0 Å². The molecular weight excluding hydrogens is 249 g/mol. The quantitative estimate of drug-likeness (QED) is 0.788. The van der Waals surface area contributed by atoms with E-state index >= 15 is 0 Å². The van der Waals surface area contributed by atoms with E-state index in [0.29, 0.717) is 13.2 Å². The normalized spacial score (nSPS) is 26.1. The summed E-state index contributed by atoms with van der Waals surface area (Å²) in [5.74, 6) is -0.658. The van der Waals surface area contributed by atoms with Crippen LogP contribution in [0.25, 0.3) is 0 Å². The van der Waals surface area contributed by atoms with E-state index in [2.05, 4.69) is 5.32 Å². The fourth-order valence-electron chi connectivity index (χ4n) is 1.78. The molecule has 0 aliphatic carbocycles. The highest BCUT2D eigenvalue weighted by molar-refractivity contribution is 5.81. The van der Waals surface area contributed by atoms with E-state index in [1.807, 2.05) is 12.2 Å². The number of carbonyl (C=O) groups excluding carboxylic acids is 1. The zero-order chi connectivity index (χ0) is 13.8. The standard InChI is InChI=1S/C11H19F3N2O2/c1-8(9(17)16-7-11(12,13)14)15-6-10(2)4-3-5-18-10/h8,15H,3-7H2,1-2H3,(H,16,17). The first-order valence-electron chi connectivity index (χ1n) is 5.94. The monoisotopic (exact) mass is 268 g/mol. The number of nitrogens with one attached hydrogen (secondary N) is 2. The van der Waals surface area contributed by atoms with Crippen molar-refractivity contribution in [2.45, 2.75) is 44.5 Å². The van der Waals surface area contributed by atoms with Crippen molar-refractivity contribution in [1.82, 2.24) is 10.6 Å². The number of rotatable bonds is 5. The van der Waals surface area contributed by atoms with Crippen LogP contribution >= 0.6 is 0 Å². The summed E-state index contributed by atoms with van der Waals surface area (Å²) in [5, 5.41) is 4.74. The van der Waals surface area contributed by atoms with Gasteiger partial charge in [-0.2, -0.15) is 13.2 Å². The minimum atomic E-state index is -4.38. The van der Waals surface area contributed by atoms with Gasteiger partial charge in [0.1, 0.15) is 6.54 Å². The second-order valence-electron chi connectivity index (χ2n) is 4.84. The number of hydrogen-bond donors (Lipinski definition) is 2.